The van der Waals surface area contributed by atoms with Crippen molar-refractivity contribution in [3.63, 3.8) is 0 Å². The standard InChI is InChI=1S/C21H19Cl2N5S/c1-3-20-25-26-21(29)28(20)24-11-17-13(2)27(19-7-5-4-6-16(17)19)12-14-8-9-15(22)10-18(14)23/h4-11H,3,12H2,1-2H3,(H,26,29)/b24-11-. The quantitative estimate of drug-likeness (QED) is 0.303. The molecule has 1 N–H and O–H groups in total. The van der Waals surface area contributed by atoms with Crippen LogP contribution in [0.5, 0.6) is 0 Å². The first-order chi connectivity index (χ1) is 14.0. The predicted molar refractivity (Wildman–Crippen MR) is 122 cm³/mol. The lowest BCUT2D eigenvalue weighted by atomic mass is 10.1. The molecule has 2 aromatic carbocycles. The molecule has 8 heteroatoms. The van der Waals surface area contributed by atoms with Gasteiger partial charge in [-0.05, 0) is 42.9 Å². The molecule has 0 bridgehead atoms. The lowest BCUT2D eigenvalue weighted by molar-refractivity contribution is 0.779. The topological polar surface area (TPSA) is 50.9 Å². The fraction of sp³-hybridized carbons (Fsp3) is 0.190. The molecule has 0 fully saturated rings. The Kier molecular flexibility index (Phi) is 5.58. The van der Waals surface area contributed by atoms with Crippen LogP contribution in [0.25, 0.3) is 10.9 Å². The van der Waals surface area contributed by atoms with Gasteiger partial charge in [0, 0.05) is 45.2 Å². The molecule has 4 rings (SSSR count). The van der Waals surface area contributed by atoms with E-state index in [1.54, 1.807) is 10.7 Å². The normalized spacial score (nSPS) is 11.7. The Morgan fingerprint density at radius 2 is 2.00 bits per heavy atom. The summed E-state index contributed by atoms with van der Waals surface area (Å²) < 4.78 is 4.38. The van der Waals surface area contributed by atoms with E-state index in [4.69, 9.17) is 35.4 Å². The summed E-state index contributed by atoms with van der Waals surface area (Å²) in [6, 6.07) is 13.9. The van der Waals surface area contributed by atoms with Crippen LogP contribution in [-0.2, 0) is 13.0 Å². The molecule has 0 amide bonds. The molecule has 0 radical (unpaired) electrons. The summed E-state index contributed by atoms with van der Waals surface area (Å²) in [6.45, 7) is 4.74. The zero-order valence-electron chi connectivity index (χ0n) is 16.0. The maximum absolute atomic E-state index is 6.42. The zero-order valence-corrected chi connectivity index (χ0v) is 18.3. The largest absolute Gasteiger partial charge is 0.340 e. The number of hydrogen-bond donors (Lipinski definition) is 1. The maximum Gasteiger partial charge on any atom is 0.216 e. The van der Waals surface area contributed by atoms with Gasteiger partial charge < -0.3 is 4.57 Å². The lowest BCUT2D eigenvalue weighted by Crippen LogP contribution is -2.03. The van der Waals surface area contributed by atoms with E-state index in [2.05, 4.69) is 38.9 Å². The van der Waals surface area contributed by atoms with Gasteiger partial charge in [0.15, 0.2) is 5.82 Å². The number of aromatic nitrogens is 4. The van der Waals surface area contributed by atoms with Gasteiger partial charge in [0.1, 0.15) is 0 Å². The Morgan fingerprint density at radius 1 is 1.21 bits per heavy atom. The molecule has 0 spiro atoms. The zero-order chi connectivity index (χ0) is 20.5. The third kappa shape index (κ3) is 3.75. The smallest absolute Gasteiger partial charge is 0.216 e. The second kappa shape index (κ2) is 8.14. The molecule has 0 aliphatic heterocycles. The number of rotatable bonds is 5. The van der Waals surface area contributed by atoms with Crippen molar-refractivity contribution in [1.82, 2.24) is 19.4 Å². The van der Waals surface area contributed by atoms with Crippen molar-refractivity contribution in [2.75, 3.05) is 0 Å². The molecule has 0 aliphatic rings. The Morgan fingerprint density at radius 3 is 2.76 bits per heavy atom. The third-order valence-electron chi connectivity index (χ3n) is 4.96. The van der Waals surface area contributed by atoms with Crippen molar-refractivity contribution in [3.8, 4) is 0 Å². The maximum atomic E-state index is 6.42. The van der Waals surface area contributed by atoms with Crippen LogP contribution < -0.4 is 0 Å². The molecule has 4 aromatic rings. The summed E-state index contributed by atoms with van der Waals surface area (Å²) >= 11 is 17.8. The van der Waals surface area contributed by atoms with Crippen molar-refractivity contribution < 1.29 is 0 Å². The second-order valence-corrected chi connectivity index (χ2v) is 7.92. The van der Waals surface area contributed by atoms with Crippen LogP contribution in [0.1, 0.15) is 29.6 Å². The minimum atomic E-state index is 0.479. The van der Waals surface area contributed by atoms with Crippen molar-refractivity contribution in [3.05, 3.63) is 79.9 Å². The van der Waals surface area contributed by atoms with Gasteiger partial charge in [0.05, 0.1) is 6.21 Å². The van der Waals surface area contributed by atoms with Crippen LogP contribution in [0, 0.1) is 11.7 Å². The van der Waals surface area contributed by atoms with Crippen LogP contribution >= 0.6 is 35.4 Å². The summed E-state index contributed by atoms with van der Waals surface area (Å²) in [5.74, 6) is 0.792. The Balaban J connectivity index is 1.82. The number of fused-ring (bicyclic) bond motifs is 1. The third-order valence-corrected chi connectivity index (χ3v) is 5.81. The van der Waals surface area contributed by atoms with E-state index in [9.17, 15) is 0 Å². The van der Waals surface area contributed by atoms with Crippen molar-refractivity contribution in [2.45, 2.75) is 26.8 Å². The van der Waals surface area contributed by atoms with Gasteiger partial charge in [-0.1, -0.05) is 54.4 Å². The Hall–Kier alpha value is -2.41. The average Bonchev–Trinajstić information content (AvgIpc) is 3.19. The second-order valence-electron chi connectivity index (χ2n) is 6.69. The first-order valence-corrected chi connectivity index (χ1v) is 10.4. The van der Waals surface area contributed by atoms with E-state index in [0.717, 1.165) is 40.0 Å². The Bertz CT molecular complexity index is 1280. The summed E-state index contributed by atoms with van der Waals surface area (Å²) in [6.07, 6.45) is 2.59. The minimum absolute atomic E-state index is 0.479. The number of benzene rings is 2. The van der Waals surface area contributed by atoms with Gasteiger partial charge in [-0.15, -0.1) is 0 Å². The highest BCUT2D eigenvalue weighted by atomic mass is 35.5. The van der Waals surface area contributed by atoms with Crippen LogP contribution in [0.4, 0.5) is 0 Å². The van der Waals surface area contributed by atoms with Gasteiger partial charge in [-0.2, -0.15) is 14.9 Å². The van der Waals surface area contributed by atoms with Crippen LogP contribution in [0.3, 0.4) is 0 Å². The van der Waals surface area contributed by atoms with Gasteiger partial charge in [-0.3, -0.25) is 5.10 Å². The molecule has 0 unspecified atom stereocenters. The van der Waals surface area contributed by atoms with Crippen LogP contribution in [0.15, 0.2) is 47.6 Å². The fourth-order valence-electron chi connectivity index (χ4n) is 3.43. The van der Waals surface area contributed by atoms with E-state index in [0.29, 0.717) is 21.4 Å². The highest BCUT2D eigenvalue weighted by molar-refractivity contribution is 7.71. The molecule has 5 nitrogen and oxygen atoms in total. The number of hydrogen-bond acceptors (Lipinski definition) is 3. The number of nitrogens with zero attached hydrogens (tertiary/aromatic N) is 4. The minimum Gasteiger partial charge on any atom is -0.340 e. The Labute approximate surface area is 183 Å². The first-order valence-electron chi connectivity index (χ1n) is 9.22. The van der Waals surface area contributed by atoms with Crippen molar-refractivity contribution >= 4 is 52.5 Å². The van der Waals surface area contributed by atoms with E-state index in [1.807, 2.05) is 37.4 Å². The molecule has 0 saturated heterocycles. The number of H-pyrrole nitrogens is 1. The molecular weight excluding hydrogens is 425 g/mol. The molecule has 0 saturated carbocycles. The van der Waals surface area contributed by atoms with Gasteiger partial charge in [0.2, 0.25) is 4.77 Å². The summed E-state index contributed by atoms with van der Waals surface area (Å²) in [5, 5.41) is 14.0. The monoisotopic (exact) mass is 443 g/mol. The summed E-state index contributed by atoms with van der Waals surface area (Å²) in [7, 11) is 0. The number of halogens is 2. The molecule has 2 heterocycles. The molecule has 148 valence electrons. The predicted octanol–water partition coefficient (Wildman–Crippen LogP) is 6.00. The number of nitrogens with one attached hydrogen (secondary N) is 1. The lowest BCUT2D eigenvalue weighted by Gasteiger charge is -2.10. The SMILES string of the molecule is CCc1n[nH]c(=S)n1/N=C\c1c(C)n(Cc2ccc(Cl)cc2Cl)c2ccccc12. The molecule has 2 aromatic heterocycles. The van der Waals surface area contributed by atoms with E-state index in [-0.39, 0.29) is 0 Å². The van der Waals surface area contributed by atoms with E-state index < -0.39 is 0 Å². The summed E-state index contributed by atoms with van der Waals surface area (Å²) in [5.41, 5.74) is 4.25. The molecular formula is C21H19Cl2N5S. The van der Waals surface area contributed by atoms with Gasteiger partial charge in [-0.25, -0.2) is 0 Å². The van der Waals surface area contributed by atoms with Gasteiger partial charge in [0.25, 0.3) is 0 Å². The van der Waals surface area contributed by atoms with E-state index >= 15 is 0 Å². The van der Waals surface area contributed by atoms with E-state index in [1.165, 1.54) is 0 Å². The average molecular weight is 444 g/mol. The van der Waals surface area contributed by atoms with Crippen molar-refractivity contribution in [1.29, 1.82) is 0 Å². The number of aryl methyl sites for hydroxylation is 1. The first kappa shape index (κ1) is 19.9. The number of aromatic amines is 1. The van der Waals surface area contributed by atoms with Crippen LogP contribution in [-0.4, -0.2) is 25.7 Å². The van der Waals surface area contributed by atoms with Crippen LogP contribution in [0.2, 0.25) is 10.0 Å². The molecule has 0 aliphatic carbocycles. The molecule has 29 heavy (non-hydrogen) atoms. The number of para-hydroxylation sites is 1. The highest BCUT2D eigenvalue weighted by Gasteiger charge is 2.14. The fourth-order valence-corrected chi connectivity index (χ4v) is 4.10. The van der Waals surface area contributed by atoms with Gasteiger partial charge >= 0.3 is 0 Å². The molecule has 0 atom stereocenters. The van der Waals surface area contributed by atoms with Crippen molar-refractivity contribution in [2.24, 2.45) is 5.10 Å². The highest BCUT2D eigenvalue weighted by Crippen LogP contribution is 2.28. The summed E-state index contributed by atoms with van der Waals surface area (Å²) in [4.78, 5) is 0.